The molecule has 2 rings (SSSR count). The molecular weight excluding hydrogens is 396 g/mol. The Bertz CT molecular complexity index is 911. The van der Waals surface area contributed by atoms with Crippen LogP contribution in [-0.4, -0.2) is 38.0 Å². The average Bonchev–Trinajstić information content (AvgIpc) is 2.75. The van der Waals surface area contributed by atoms with E-state index in [-0.39, 0.29) is 18.4 Å². The van der Waals surface area contributed by atoms with Crippen molar-refractivity contribution in [1.29, 1.82) is 0 Å². The number of nitrogens with one attached hydrogen (secondary N) is 2. The average molecular weight is 427 g/mol. The number of amides is 2. The predicted molar refractivity (Wildman–Crippen MR) is 120 cm³/mol. The van der Waals surface area contributed by atoms with Crippen LogP contribution in [0.4, 0.5) is 5.69 Å². The highest BCUT2D eigenvalue weighted by atomic mass is 16.5. The third-order valence-corrected chi connectivity index (χ3v) is 4.75. The summed E-state index contributed by atoms with van der Waals surface area (Å²) in [5.41, 5.74) is 3.12. The van der Waals surface area contributed by atoms with Gasteiger partial charge < -0.3 is 20.1 Å². The molecule has 2 aromatic rings. The fraction of sp³-hybridized carbons (Fsp3) is 0.375. The van der Waals surface area contributed by atoms with Crippen LogP contribution >= 0.6 is 0 Å². The van der Waals surface area contributed by atoms with Gasteiger partial charge in [0.2, 0.25) is 0 Å². The van der Waals surface area contributed by atoms with E-state index in [0.717, 1.165) is 16.8 Å². The first-order valence-corrected chi connectivity index (χ1v) is 10.2. The Morgan fingerprint density at radius 3 is 2.10 bits per heavy atom. The number of hydrogen-bond donors (Lipinski definition) is 2. The molecule has 0 radical (unpaired) electrons. The summed E-state index contributed by atoms with van der Waals surface area (Å²) < 4.78 is 10.2. The van der Waals surface area contributed by atoms with Crippen molar-refractivity contribution in [3.05, 3.63) is 59.2 Å². The largest absolute Gasteiger partial charge is 0.496 e. The summed E-state index contributed by atoms with van der Waals surface area (Å²) in [5, 5.41) is 5.35. The minimum absolute atomic E-state index is 0.224. The van der Waals surface area contributed by atoms with Gasteiger partial charge in [-0.2, -0.15) is 0 Å². The van der Waals surface area contributed by atoms with Crippen LogP contribution in [0.3, 0.4) is 0 Å². The topological polar surface area (TPSA) is 93.7 Å². The molecule has 0 aliphatic rings. The van der Waals surface area contributed by atoms with Gasteiger partial charge in [-0.05, 0) is 35.1 Å². The molecule has 31 heavy (non-hydrogen) atoms. The van der Waals surface area contributed by atoms with Gasteiger partial charge in [0, 0.05) is 5.69 Å². The Morgan fingerprint density at radius 2 is 1.52 bits per heavy atom. The molecule has 0 bridgehead atoms. The maximum Gasteiger partial charge on any atom is 0.325 e. The van der Waals surface area contributed by atoms with Gasteiger partial charge in [-0.25, -0.2) is 0 Å². The molecule has 0 aromatic heterocycles. The van der Waals surface area contributed by atoms with Crippen molar-refractivity contribution < 1.29 is 23.9 Å². The van der Waals surface area contributed by atoms with Crippen molar-refractivity contribution >= 4 is 23.5 Å². The van der Waals surface area contributed by atoms with E-state index >= 15 is 0 Å². The lowest BCUT2D eigenvalue weighted by molar-refractivity contribution is -0.146. The number of carbonyl (C=O) groups excluding carboxylic acids is 3. The van der Waals surface area contributed by atoms with Crippen LogP contribution in [0, 0.1) is 0 Å². The summed E-state index contributed by atoms with van der Waals surface area (Å²) in [4.78, 5) is 36.6. The minimum atomic E-state index is -0.709. The first-order chi connectivity index (χ1) is 14.7. The predicted octanol–water partition coefficient (Wildman–Crippen LogP) is 3.85. The fourth-order valence-electron chi connectivity index (χ4n) is 3.15. The van der Waals surface area contributed by atoms with Crippen LogP contribution < -0.4 is 15.4 Å². The van der Waals surface area contributed by atoms with Crippen molar-refractivity contribution in [3.63, 3.8) is 0 Å². The van der Waals surface area contributed by atoms with E-state index < -0.39 is 24.4 Å². The Morgan fingerprint density at radius 1 is 0.903 bits per heavy atom. The molecule has 0 saturated carbocycles. The van der Waals surface area contributed by atoms with E-state index in [2.05, 4.69) is 38.3 Å². The van der Waals surface area contributed by atoms with Crippen molar-refractivity contribution in [2.45, 2.75) is 39.5 Å². The second kappa shape index (κ2) is 11.2. The number of rotatable bonds is 9. The lowest BCUT2D eigenvalue weighted by atomic mass is 9.92. The highest BCUT2D eigenvalue weighted by Gasteiger charge is 2.17. The molecule has 2 aromatic carbocycles. The van der Waals surface area contributed by atoms with Crippen LogP contribution in [0.5, 0.6) is 5.75 Å². The summed E-state index contributed by atoms with van der Waals surface area (Å²) in [6.45, 7) is 7.43. The van der Waals surface area contributed by atoms with E-state index in [1.807, 2.05) is 18.2 Å². The molecule has 0 unspecified atom stereocenters. The second-order valence-electron chi connectivity index (χ2n) is 7.71. The summed E-state index contributed by atoms with van der Waals surface area (Å²) in [5.74, 6) is -0.758. The monoisotopic (exact) mass is 426 g/mol. The number of anilines is 1. The van der Waals surface area contributed by atoms with Gasteiger partial charge in [0.25, 0.3) is 11.8 Å². The summed E-state index contributed by atoms with van der Waals surface area (Å²) in [6, 6.07) is 12.6. The van der Waals surface area contributed by atoms with Gasteiger partial charge in [-0.15, -0.1) is 0 Å². The van der Waals surface area contributed by atoms with Crippen molar-refractivity contribution in [2.24, 2.45) is 0 Å². The molecule has 7 heteroatoms. The molecular formula is C24H30N2O5. The highest BCUT2D eigenvalue weighted by Crippen LogP contribution is 2.32. The summed E-state index contributed by atoms with van der Waals surface area (Å²) >= 11 is 0. The number of carbonyl (C=O) groups is 3. The molecule has 0 heterocycles. The maximum absolute atomic E-state index is 12.4. The van der Waals surface area contributed by atoms with Crippen LogP contribution in [0.15, 0.2) is 42.5 Å². The van der Waals surface area contributed by atoms with Crippen LogP contribution in [0.1, 0.15) is 61.0 Å². The van der Waals surface area contributed by atoms with E-state index in [1.54, 1.807) is 24.3 Å². The lowest BCUT2D eigenvalue weighted by Crippen LogP contribution is -2.32. The zero-order valence-corrected chi connectivity index (χ0v) is 18.7. The zero-order chi connectivity index (χ0) is 23.0. The van der Waals surface area contributed by atoms with Gasteiger partial charge in [0.1, 0.15) is 12.3 Å². The third kappa shape index (κ3) is 6.57. The lowest BCUT2D eigenvalue weighted by Gasteiger charge is -2.20. The highest BCUT2D eigenvalue weighted by molar-refractivity contribution is 5.99. The van der Waals surface area contributed by atoms with E-state index in [9.17, 15) is 14.4 Å². The van der Waals surface area contributed by atoms with Crippen LogP contribution in [0.2, 0.25) is 0 Å². The van der Waals surface area contributed by atoms with Crippen LogP contribution in [0.25, 0.3) is 0 Å². The molecule has 2 amide bonds. The van der Waals surface area contributed by atoms with Crippen LogP contribution in [-0.2, 0) is 14.3 Å². The summed E-state index contributed by atoms with van der Waals surface area (Å²) in [6.07, 6.45) is 0. The van der Waals surface area contributed by atoms with Gasteiger partial charge in [-0.1, -0.05) is 58.0 Å². The zero-order valence-electron chi connectivity index (χ0n) is 18.7. The number of esters is 1. The van der Waals surface area contributed by atoms with Crippen molar-refractivity contribution in [1.82, 2.24) is 5.32 Å². The minimum Gasteiger partial charge on any atom is -0.496 e. The van der Waals surface area contributed by atoms with Crippen molar-refractivity contribution in [3.8, 4) is 5.75 Å². The number of benzene rings is 2. The quantitative estimate of drug-likeness (QED) is 0.594. The molecule has 0 spiro atoms. The number of ether oxygens (including phenoxy) is 2. The molecule has 0 aliphatic carbocycles. The van der Waals surface area contributed by atoms with Gasteiger partial charge >= 0.3 is 5.97 Å². The molecule has 0 atom stereocenters. The number of hydrogen-bond acceptors (Lipinski definition) is 5. The molecule has 0 saturated heterocycles. The van der Waals surface area contributed by atoms with Gasteiger partial charge in [0.15, 0.2) is 6.61 Å². The van der Waals surface area contributed by atoms with Crippen molar-refractivity contribution in [2.75, 3.05) is 25.6 Å². The number of para-hydroxylation sites is 2. The standard InChI is InChI=1S/C24H30N2O5/c1-15(2)17-10-8-11-18(16(3)4)23(17)26-21(27)14-31-22(28)13-25-24(29)19-9-6-7-12-20(19)30-5/h6-12,15-16H,13-14H2,1-5H3,(H,25,29)(H,26,27). The second-order valence-corrected chi connectivity index (χ2v) is 7.71. The molecule has 0 aliphatic heterocycles. The van der Waals surface area contributed by atoms with E-state index in [1.165, 1.54) is 7.11 Å². The third-order valence-electron chi connectivity index (χ3n) is 4.75. The normalized spacial score (nSPS) is 10.7. The SMILES string of the molecule is COc1ccccc1C(=O)NCC(=O)OCC(=O)Nc1c(C(C)C)cccc1C(C)C. The van der Waals surface area contributed by atoms with E-state index in [4.69, 9.17) is 9.47 Å². The number of methoxy groups -OCH3 is 1. The Kier molecular flexibility index (Phi) is 8.61. The first-order valence-electron chi connectivity index (χ1n) is 10.2. The fourth-order valence-corrected chi connectivity index (χ4v) is 3.15. The Balaban J connectivity index is 1.92. The first kappa shape index (κ1) is 23.9. The summed E-state index contributed by atoms with van der Waals surface area (Å²) in [7, 11) is 1.46. The Hall–Kier alpha value is -3.35. The smallest absolute Gasteiger partial charge is 0.325 e. The van der Waals surface area contributed by atoms with Gasteiger partial charge in [-0.3, -0.25) is 14.4 Å². The van der Waals surface area contributed by atoms with Gasteiger partial charge in [0.05, 0.1) is 12.7 Å². The molecule has 7 nitrogen and oxygen atoms in total. The maximum atomic E-state index is 12.4. The Labute approximate surface area is 183 Å². The molecule has 0 fully saturated rings. The molecule has 2 N–H and O–H groups in total. The van der Waals surface area contributed by atoms with E-state index in [0.29, 0.717) is 11.3 Å². The molecule has 166 valence electrons.